The van der Waals surface area contributed by atoms with Crippen molar-refractivity contribution >= 4 is 18.4 Å². The molecule has 3 heterocycles. The van der Waals surface area contributed by atoms with Crippen LogP contribution in [0.5, 0.6) is 0 Å². The zero-order valence-electron chi connectivity index (χ0n) is 26.9. The number of rotatable bonds is 7. The van der Waals surface area contributed by atoms with Gasteiger partial charge >= 0.3 is 6.09 Å². The van der Waals surface area contributed by atoms with Gasteiger partial charge in [-0.3, -0.25) is 14.3 Å². The van der Waals surface area contributed by atoms with Crippen LogP contribution < -0.4 is 10.6 Å². The van der Waals surface area contributed by atoms with Gasteiger partial charge in [0.1, 0.15) is 23.2 Å². The van der Waals surface area contributed by atoms with Gasteiger partial charge in [-0.1, -0.05) is 26.0 Å². The second-order valence-electron chi connectivity index (χ2n) is 13.8. The topological polar surface area (TPSA) is 122 Å². The number of likely N-dealkylation sites (N-methyl/N-ethyl adjacent to an activating group) is 1. The molecule has 1 unspecified atom stereocenters. The lowest BCUT2D eigenvalue weighted by Gasteiger charge is -2.37. The number of amides is 3. The minimum atomic E-state index is -0.718. The van der Waals surface area contributed by atoms with E-state index in [0.717, 1.165) is 18.5 Å². The van der Waals surface area contributed by atoms with E-state index < -0.39 is 23.2 Å². The molecule has 0 aliphatic carbocycles. The maximum atomic E-state index is 13.9. The third-order valence-corrected chi connectivity index (χ3v) is 7.55. The summed E-state index contributed by atoms with van der Waals surface area (Å²) in [6.07, 6.45) is 2.85. The second kappa shape index (κ2) is 13.8. The summed E-state index contributed by atoms with van der Waals surface area (Å²) in [5, 5.41) is 14.0. The van der Waals surface area contributed by atoms with Crippen molar-refractivity contribution in [3.05, 3.63) is 36.3 Å². The maximum Gasteiger partial charge on any atom is 0.408 e. The number of halogens is 1. The molecule has 2 aliphatic heterocycles. The Morgan fingerprint density at radius 3 is 2.33 bits per heavy atom. The molecule has 43 heavy (non-hydrogen) atoms. The molecule has 3 amide bonds. The summed E-state index contributed by atoms with van der Waals surface area (Å²) >= 11 is 0. The molecule has 1 aromatic heterocycles. The summed E-state index contributed by atoms with van der Waals surface area (Å²) < 4.78 is 20.6. The van der Waals surface area contributed by atoms with Crippen LogP contribution in [0.3, 0.4) is 0 Å². The fourth-order valence-corrected chi connectivity index (χ4v) is 5.64. The quantitative estimate of drug-likeness (QED) is 0.464. The summed E-state index contributed by atoms with van der Waals surface area (Å²) in [7, 11) is 2.09. The van der Waals surface area contributed by atoms with Crippen molar-refractivity contribution in [2.45, 2.75) is 98.1 Å². The van der Waals surface area contributed by atoms with Crippen LogP contribution in [0.15, 0.2) is 30.5 Å². The smallest absolute Gasteiger partial charge is 0.408 e. The molecule has 0 bridgehead atoms. The van der Waals surface area contributed by atoms with Crippen LogP contribution in [-0.2, 0) is 20.9 Å². The molecule has 2 saturated heterocycles. The van der Waals surface area contributed by atoms with Crippen molar-refractivity contribution < 1.29 is 23.5 Å². The van der Waals surface area contributed by atoms with Crippen LogP contribution in [0.25, 0.3) is 11.3 Å². The Morgan fingerprint density at radius 1 is 1.14 bits per heavy atom. The van der Waals surface area contributed by atoms with Gasteiger partial charge in [-0.25, -0.2) is 9.18 Å². The standard InChI is InChI=1S/C27H39FN6O3.C4H9NO/c1-26(2,3)23(29-25(36)37-27(4,5)6)24(35)34-13-12-21-22(34)18(14-32(21)7)15-33-16-20(30-31-33)17-8-10-19(28)11-9-17;1-4(2)5-3-6/h8-11,16,18,21-23H,12-15H2,1-7H3,(H,29,36);3-4H,1-2H3,(H,5,6)/t18-,21-,22-,23?;/m1./s1. The van der Waals surface area contributed by atoms with E-state index in [1.807, 2.05) is 45.7 Å². The van der Waals surface area contributed by atoms with Gasteiger partial charge in [-0.05, 0) is 77.8 Å². The first-order chi connectivity index (χ1) is 20.0. The highest BCUT2D eigenvalue weighted by Gasteiger charge is 2.51. The Balaban J connectivity index is 0.000000765. The van der Waals surface area contributed by atoms with E-state index in [1.54, 1.807) is 37.6 Å². The van der Waals surface area contributed by atoms with Crippen LogP contribution in [0.1, 0.15) is 61.8 Å². The molecule has 0 spiro atoms. The molecule has 2 fully saturated rings. The number of nitrogens with one attached hydrogen (secondary N) is 2. The number of fused-ring (bicyclic) bond motifs is 1. The van der Waals surface area contributed by atoms with Crippen molar-refractivity contribution in [2.75, 3.05) is 20.1 Å². The maximum absolute atomic E-state index is 13.9. The van der Waals surface area contributed by atoms with E-state index in [9.17, 15) is 18.8 Å². The Morgan fingerprint density at radius 2 is 1.79 bits per heavy atom. The fraction of sp³-hybridized carbons (Fsp3) is 0.645. The molecule has 4 rings (SSSR count). The average molecular weight is 602 g/mol. The number of aromatic nitrogens is 3. The van der Waals surface area contributed by atoms with E-state index in [-0.39, 0.29) is 35.8 Å². The lowest BCUT2D eigenvalue weighted by atomic mass is 9.85. The van der Waals surface area contributed by atoms with Crippen LogP contribution >= 0.6 is 0 Å². The van der Waals surface area contributed by atoms with Crippen LogP contribution in [0, 0.1) is 17.2 Å². The number of likely N-dealkylation sites (tertiary alicyclic amines) is 2. The van der Waals surface area contributed by atoms with Crippen LogP contribution in [0.2, 0.25) is 0 Å². The summed E-state index contributed by atoms with van der Waals surface area (Å²) in [5.41, 5.74) is 0.324. The highest BCUT2D eigenvalue weighted by molar-refractivity contribution is 5.87. The van der Waals surface area contributed by atoms with E-state index in [2.05, 4.69) is 32.9 Å². The monoisotopic (exact) mass is 601 g/mol. The molecule has 238 valence electrons. The van der Waals surface area contributed by atoms with Crippen molar-refractivity contribution in [1.82, 2.24) is 35.4 Å². The third-order valence-electron chi connectivity index (χ3n) is 7.55. The molecule has 0 radical (unpaired) electrons. The lowest BCUT2D eigenvalue weighted by molar-refractivity contribution is -0.137. The number of alkyl carbamates (subject to hydrolysis) is 1. The summed E-state index contributed by atoms with van der Waals surface area (Å²) in [5.74, 6) is -0.236. The van der Waals surface area contributed by atoms with Gasteiger partial charge in [0.15, 0.2) is 0 Å². The number of nitrogens with zero attached hydrogens (tertiary/aromatic N) is 5. The van der Waals surface area contributed by atoms with Crippen molar-refractivity contribution in [2.24, 2.45) is 11.3 Å². The SMILES string of the molecule is CC(C)NC=O.CN1C[C@H](Cn2cc(-c3ccc(F)cc3)nn2)[C@@H]2[C@H]1CCN2C(=O)C(NC(=O)OC(C)(C)C)C(C)(C)C. The molecular weight excluding hydrogens is 553 g/mol. The zero-order valence-corrected chi connectivity index (χ0v) is 26.9. The zero-order chi connectivity index (χ0) is 32.1. The third kappa shape index (κ3) is 9.22. The Labute approximate surface area is 254 Å². The molecule has 11 nitrogen and oxygen atoms in total. The van der Waals surface area contributed by atoms with E-state index in [4.69, 9.17) is 4.74 Å². The average Bonchev–Trinajstić information content (AvgIpc) is 3.59. The predicted molar refractivity (Wildman–Crippen MR) is 162 cm³/mol. The number of ether oxygens (including phenoxy) is 1. The summed E-state index contributed by atoms with van der Waals surface area (Å²) in [6, 6.07) is 5.99. The predicted octanol–water partition coefficient (Wildman–Crippen LogP) is 3.70. The van der Waals surface area contributed by atoms with Crippen molar-refractivity contribution in [3.63, 3.8) is 0 Å². The fourth-order valence-electron chi connectivity index (χ4n) is 5.64. The normalized spacial score (nSPS) is 21.1. The molecule has 0 saturated carbocycles. The molecule has 2 aliphatic rings. The second-order valence-corrected chi connectivity index (χ2v) is 13.8. The van der Waals surface area contributed by atoms with Gasteiger partial charge in [0.05, 0.1) is 12.2 Å². The van der Waals surface area contributed by atoms with E-state index in [1.165, 1.54) is 12.1 Å². The van der Waals surface area contributed by atoms with Gasteiger partial charge in [0.25, 0.3) is 0 Å². The van der Waals surface area contributed by atoms with Gasteiger partial charge < -0.3 is 25.2 Å². The highest BCUT2D eigenvalue weighted by Crippen LogP contribution is 2.37. The summed E-state index contributed by atoms with van der Waals surface area (Å²) in [6.45, 7) is 17.1. The first-order valence-corrected chi connectivity index (χ1v) is 14.9. The van der Waals surface area contributed by atoms with Crippen LogP contribution in [0.4, 0.5) is 9.18 Å². The van der Waals surface area contributed by atoms with Gasteiger partial charge in [0, 0.05) is 43.2 Å². The number of carbonyl (C=O) groups excluding carboxylic acids is 3. The van der Waals surface area contributed by atoms with Gasteiger partial charge in [0.2, 0.25) is 12.3 Å². The lowest BCUT2D eigenvalue weighted by Crippen LogP contribution is -2.57. The van der Waals surface area contributed by atoms with Crippen LogP contribution in [-0.4, -0.2) is 93.1 Å². The van der Waals surface area contributed by atoms with E-state index in [0.29, 0.717) is 25.2 Å². The number of carbonyl (C=O) groups is 3. The van der Waals surface area contributed by atoms with Gasteiger partial charge in [-0.2, -0.15) is 0 Å². The Bertz CT molecular complexity index is 1240. The molecule has 2 N–H and O–H groups in total. The Hall–Kier alpha value is -3.54. The number of hydrogen-bond acceptors (Lipinski definition) is 7. The molecule has 1 aromatic carbocycles. The highest BCUT2D eigenvalue weighted by atomic mass is 19.1. The molecular formula is C31H48FN7O4. The van der Waals surface area contributed by atoms with Crippen molar-refractivity contribution in [1.29, 1.82) is 0 Å². The largest absolute Gasteiger partial charge is 0.444 e. The minimum absolute atomic E-state index is 0.00116. The number of benzene rings is 1. The van der Waals surface area contributed by atoms with E-state index >= 15 is 0 Å². The molecule has 12 heteroatoms. The first kappa shape index (κ1) is 34.0. The first-order valence-electron chi connectivity index (χ1n) is 14.9. The summed E-state index contributed by atoms with van der Waals surface area (Å²) in [4.78, 5) is 40.3. The van der Waals surface area contributed by atoms with Crippen molar-refractivity contribution in [3.8, 4) is 11.3 Å². The minimum Gasteiger partial charge on any atom is -0.444 e. The Kier molecular flexibility index (Phi) is 10.9. The molecule has 4 atom stereocenters. The van der Waals surface area contributed by atoms with Gasteiger partial charge in [-0.15, -0.1) is 5.10 Å². The molecule has 2 aromatic rings. The number of hydrogen-bond donors (Lipinski definition) is 2.